The van der Waals surface area contributed by atoms with E-state index in [1.54, 1.807) is 0 Å². The second-order valence-corrected chi connectivity index (χ2v) is 6.33. The number of halogens is 1. The van der Waals surface area contributed by atoms with Gasteiger partial charge in [0.15, 0.2) is 0 Å². The highest BCUT2D eigenvalue weighted by atomic mass is 79.9. The minimum absolute atomic E-state index is 0.0790. The van der Waals surface area contributed by atoms with E-state index in [0.29, 0.717) is 17.0 Å². The van der Waals surface area contributed by atoms with Gasteiger partial charge in [0, 0.05) is 21.8 Å². The van der Waals surface area contributed by atoms with Crippen molar-refractivity contribution in [1.82, 2.24) is 0 Å². The number of methoxy groups -OCH3 is 1. The number of hydrogen-bond acceptors (Lipinski definition) is 4. The molecule has 112 valence electrons. The molecule has 0 fully saturated rings. The first kappa shape index (κ1) is 16.0. The third-order valence-corrected chi connectivity index (χ3v) is 4.73. The molecule has 0 atom stereocenters. The molecule has 0 bridgehead atoms. The molecular weight excluding hydrogens is 354 g/mol. The highest BCUT2D eigenvalue weighted by molar-refractivity contribution is 9.09. The number of anilines is 1. The molecule has 0 aliphatic rings. The number of ether oxygens (including phenoxy) is 1. The Morgan fingerprint density at radius 2 is 2.05 bits per heavy atom. The molecule has 0 saturated carbocycles. The summed E-state index contributed by atoms with van der Waals surface area (Å²) in [6.45, 7) is 0. The smallest absolute Gasteiger partial charge is 0.350 e. The van der Waals surface area contributed by atoms with Crippen molar-refractivity contribution in [3.8, 4) is 0 Å². The number of esters is 1. The molecule has 0 aliphatic carbocycles. The number of rotatable bonds is 6. The molecule has 1 amide bonds. The van der Waals surface area contributed by atoms with Crippen LogP contribution in [0.5, 0.6) is 0 Å². The zero-order valence-electron chi connectivity index (χ0n) is 11.6. The Kier molecular flexibility index (Phi) is 5.76. The van der Waals surface area contributed by atoms with E-state index < -0.39 is 5.97 Å². The van der Waals surface area contributed by atoms with Crippen LogP contribution in [-0.4, -0.2) is 24.3 Å². The zero-order valence-corrected chi connectivity index (χ0v) is 14.1. The van der Waals surface area contributed by atoms with Crippen molar-refractivity contribution in [3.63, 3.8) is 0 Å². The molecule has 0 saturated heterocycles. The van der Waals surface area contributed by atoms with Crippen LogP contribution < -0.4 is 5.32 Å². The molecule has 1 aromatic carbocycles. The van der Waals surface area contributed by atoms with Gasteiger partial charge in [-0.2, -0.15) is 0 Å². The Balaban J connectivity index is 2.27. The fourth-order valence-electron chi connectivity index (χ4n) is 1.99. The monoisotopic (exact) mass is 369 g/mol. The summed E-state index contributed by atoms with van der Waals surface area (Å²) in [7, 11) is 1.34. The molecular formula is C15H16BrNO3S. The van der Waals surface area contributed by atoms with Gasteiger partial charge in [0.1, 0.15) is 4.88 Å². The van der Waals surface area contributed by atoms with E-state index in [4.69, 9.17) is 4.74 Å². The second-order valence-electron chi connectivity index (χ2n) is 4.49. The van der Waals surface area contributed by atoms with Crippen LogP contribution in [0, 0.1) is 0 Å². The van der Waals surface area contributed by atoms with Crippen LogP contribution in [-0.2, 0) is 9.53 Å². The van der Waals surface area contributed by atoms with Crippen LogP contribution in [0.4, 0.5) is 5.69 Å². The van der Waals surface area contributed by atoms with E-state index in [9.17, 15) is 9.59 Å². The summed E-state index contributed by atoms with van der Waals surface area (Å²) < 4.78 is 5.75. The Hall–Kier alpha value is -1.40. The Morgan fingerprint density at radius 3 is 2.76 bits per heavy atom. The zero-order chi connectivity index (χ0) is 15.2. The highest BCUT2D eigenvalue weighted by Gasteiger charge is 2.20. The van der Waals surface area contributed by atoms with Crippen LogP contribution in [0.25, 0.3) is 10.1 Å². The van der Waals surface area contributed by atoms with Gasteiger partial charge in [0.05, 0.1) is 12.8 Å². The van der Waals surface area contributed by atoms with E-state index in [-0.39, 0.29) is 5.91 Å². The van der Waals surface area contributed by atoms with Crippen molar-refractivity contribution in [3.05, 3.63) is 29.1 Å². The van der Waals surface area contributed by atoms with Crippen molar-refractivity contribution in [1.29, 1.82) is 0 Å². The maximum atomic E-state index is 12.0. The summed E-state index contributed by atoms with van der Waals surface area (Å²) in [6, 6.07) is 7.61. The number of amides is 1. The number of unbranched alkanes of at least 4 members (excludes halogenated alkanes) is 1. The fraction of sp³-hybridized carbons (Fsp3) is 0.333. The Labute approximate surface area is 135 Å². The van der Waals surface area contributed by atoms with E-state index in [0.717, 1.165) is 28.3 Å². The Morgan fingerprint density at radius 1 is 1.29 bits per heavy atom. The lowest BCUT2D eigenvalue weighted by Crippen LogP contribution is -2.13. The number of carbonyl (C=O) groups is 2. The van der Waals surface area contributed by atoms with Gasteiger partial charge in [-0.15, -0.1) is 11.3 Å². The average molecular weight is 370 g/mol. The lowest BCUT2D eigenvalue weighted by atomic mass is 10.2. The van der Waals surface area contributed by atoms with Crippen LogP contribution in [0.3, 0.4) is 0 Å². The Bertz CT molecular complexity index is 653. The van der Waals surface area contributed by atoms with Crippen LogP contribution >= 0.6 is 27.3 Å². The predicted octanol–water partition coefficient (Wildman–Crippen LogP) is 4.19. The molecule has 0 unspecified atom stereocenters. The molecule has 6 heteroatoms. The summed E-state index contributed by atoms with van der Waals surface area (Å²) in [6.07, 6.45) is 2.20. The van der Waals surface area contributed by atoms with Gasteiger partial charge in [-0.1, -0.05) is 34.1 Å². The van der Waals surface area contributed by atoms with Gasteiger partial charge in [0.2, 0.25) is 5.91 Å². The van der Waals surface area contributed by atoms with Crippen LogP contribution in [0.15, 0.2) is 24.3 Å². The molecule has 1 N–H and O–H groups in total. The van der Waals surface area contributed by atoms with Crippen molar-refractivity contribution in [2.45, 2.75) is 19.3 Å². The van der Waals surface area contributed by atoms with Crippen molar-refractivity contribution in [2.75, 3.05) is 17.8 Å². The normalized spacial score (nSPS) is 10.6. The van der Waals surface area contributed by atoms with Crippen molar-refractivity contribution in [2.24, 2.45) is 0 Å². The summed E-state index contributed by atoms with van der Waals surface area (Å²) >= 11 is 4.67. The molecule has 2 rings (SSSR count). The number of hydrogen-bond donors (Lipinski definition) is 1. The summed E-state index contributed by atoms with van der Waals surface area (Å²) in [5.41, 5.74) is 0.561. The summed E-state index contributed by atoms with van der Waals surface area (Å²) in [5, 5.41) is 4.62. The number of fused-ring (bicyclic) bond motifs is 1. The van der Waals surface area contributed by atoms with Crippen molar-refractivity contribution >= 4 is 54.9 Å². The summed E-state index contributed by atoms with van der Waals surface area (Å²) in [4.78, 5) is 24.3. The molecule has 4 nitrogen and oxygen atoms in total. The fourth-order valence-corrected chi connectivity index (χ4v) is 3.46. The van der Waals surface area contributed by atoms with E-state index in [1.165, 1.54) is 18.4 Å². The lowest BCUT2D eigenvalue weighted by molar-refractivity contribution is -0.116. The van der Waals surface area contributed by atoms with Gasteiger partial charge >= 0.3 is 5.97 Å². The molecule has 1 heterocycles. The lowest BCUT2D eigenvalue weighted by Gasteiger charge is -2.06. The third-order valence-electron chi connectivity index (χ3n) is 3.02. The SMILES string of the molecule is COC(=O)c1sc2ccccc2c1NC(=O)CCCCBr. The van der Waals surface area contributed by atoms with E-state index >= 15 is 0 Å². The van der Waals surface area contributed by atoms with Crippen molar-refractivity contribution < 1.29 is 14.3 Å². The second kappa shape index (κ2) is 7.56. The molecule has 2 aromatic rings. The molecule has 1 aromatic heterocycles. The van der Waals surface area contributed by atoms with Gasteiger partial charge in [0.25, 0.3) is 0 Å². The molecule has 21 heavy (non-hydrogen) atoms. The van der Waals surface area contributed by atoms with Gasteiger partial charge in [-0.25, -0.2) is 4.79 Å². The average Bonchev–Trinajstić information content (AvgIpc) is 2.85. The molecule has 0 spiro atoms. The molecule has 0 aliphatic heterocycles. The van der Waals surface area contributed by atoms with E-state index in [2.05, 4.69) is 21.2 Å². The summed E-state index contributed by atoms with van der Waals surface area (Å²) in [5.74, 6) is -0.503. The number of alkyl halides is 1. The third kappa shape index (κ3) is 3.83. The van der Waals surface area contributed by atoms with Gasteiger partial charge in [-0.3, -0.25) is 4.79 Å². The maximum Gasteiger partial charge on any atom is 0.350 e. The number of benzene rings is 1. The van der Waals surface area contributed by atoms with Crippen LogP contribution in [0.1, 0.15) is 28.9 Å². The van der Waals surface area contributed by atoms with Crippen LogP contribution in [0.2, 0.25) is 0 Å². The van der Waals surface area contributed by atoms with Gasteiger partial charge < -0.3 is 10.1 Å². The number of carbonyl (C=O) groups excluding carboxylic acids is 2. The number of thiophene rings is 1. The first-order chi connectivity index (χ1) is 10.2. The standard InChI is InChI=1S/C15H16BrNO3S/c1-20-15(19)14-13(17-12(18)8-4-5-9-16)10-6-2-3-7-11(10)21-14/h2-3,6-7H,4-5,8-9H2,1H3,(H,17,18). The van der Waals surface area contributed by atoms with E-state index in [1.807, 2.05) is 24.3 Å². The topological polar surface area (TPSA) is 55.4 Å². The quantitative estimate of drug-likeness (QED) is 0.471. The highest BCUT2D eigenvalue weighted by Crippen LogP contribution is 2.36. The van der Waals surface area contributed by atoms with Gasteiger partial charge in [-0.05, 0) is 18.9 Å². The minimum atomic E-state index is -0.424. The molecule has 0 radical (unpaired) electrons. The number of nitrogens with one attached hydrogen (secondary N) is 1. The largest absolute Gasteiger partial charge is 0.465 e. The maximum absolute atomic E-state index is 12.0. The first-order valence-corrected chi connectivity index (χ1v) is 8.56. The minimum Gasteiger partial charge on any atom is -0.465 e. The first-order valence-electron chi connectivity index (χ1n) is 6.63. The predicted molar refractivity (Wildman–Crippen MR) is 89.4 cm³/mol.